The van der Waals surface area contributed by atoms with E-state index in [1.54, 1.807) is 31.2 Å². The van der Waals surface area contributed by atoms with Crippen LogP contribution >= 0.6 is 0 Å². The van der Waals surface area contributed by atoms with E-state index in [2.05, 4.69) is 5.10 Å². The topological polar surface area (TPSA) is 112 Å². The summed E-state index contributed by atoms with van der Waals surface area (Å²) in [6, 6.07) is 6.42. The molecule has 1 heterocycles. The number of benzene rings is 1. The van der Waals surface area contributed by atoms with Crippen LogP contribution < -0.4 is 11.1 Å². The standard InChI is InChI=1S/C15H17N3O5/c1-2-17(9-13(20)21)12(19)7-8-18-15(23)11-6-4-3-5-10(11)14(22)16-18/h3-6H,2,7-9H2,1H3,(H,16,22)(H,20,21). The molecule has 2 aromatic rings. The molecule has 23 heavy (non-hydrogen) atoms. The van der Waals surface area contributed by atoms with Crippen molar-refractivity contribution in [3.05, 3.63) is 45.0 Å². The fraction of sp³-hybridized carbons (Fsp3) is 0.333. The second kappa shape index (κ2) is 6.91. The van der Waals surface area contributed by atoms with Crippen molar-refractivity contribution in [3.8, 4) is 0 Å². The molecule has 2 rings (SSSR count). The molecule has 8 heteroatoms. The van der Waals surface area contributed by atoms with Crippen molar-refractivity contribution in [2.75, 3.05) is 13.1 Å². The van der Waals surface area contributed by atoms with Crippen molar-refractivity contribution in [3.63, 3.8) is 0 Å². The average molecular weight is 319 g/mol. The summed E-state index contributed by atoms with van der Waals surface area (Å²) < 4.78 is 1.08. The lowest BCUT2D eigenvalue weighted by molar-refractivity contribution is -0.144. The van der Waals surface area contributed by atoms with Crippen LogP contribution in [-0.2, 0) is 16.1 Å². The van der Waals surface area contributed by atoms with E-state index in [4.69, 9.17) is 5.11 Å². The second-order valence-corrected chi connectivity index (χ2v) is 4.99. The summed E-state index contributed by atoms with van der Waals surface area (Å²) in [4.78, 5) is 48.1. The molecule has 0 bridgehead atoms. The summed E-state index contributed by atoms with van der Waals surface area (Å²) in [5.41, 5.74) is -0.806. The van der Waals surface area contributed by atoms with Gasteiger partial charge in [0.2, 0.25) is 5.91 Å². The molecular formula is C15H17N3O5. The molecule has 122 valence electrons. The Morgan fingerprint density at radius 1 is 1.22 bits per heavy atom. The summed E-state index contributed by atoms with van der Waals surface area (Å²) in [5, 5.41) is 11.8. The summed E-state index contributed by atoms with van der Waals surface area (Å²) >= 11 is 0. The van der Waals surface area contributed by atoms with Gasteiger partial charge in [-0.15, -0.1) is 0 Å². The molecule has 2 N–H and O–H groups in total. The van der Waals surface area contributed by atoms with Crippen LogP contribution in [0.15, 0.2) is 33.9 Å². The van der Waals surface area contributed by atoms with Crippen LogP contribution in [0, 0.1) is 0 Å². The van der Waals surface area contributed by atoms with E-state index in [1.165, 1.54) is 4.90 Å². The SMILES string of the molecule is CCN(CC(=O)O)C(=O)CCn1[nH]c(=O)c2ccccc2c1=O. The number of aromatic amines is 1. The number of fused-ring (bicyclic) bond motifs is 1. The van der Waals surface area contributed by atoms with Crippen LogP contribution in [0.1, 0.15) is 13.3 Å². The van der Waals surface area contributed by atoms with E-state index in [-0.39, 0.29) is 24.9 Å². The van der Waals surface area contributed by atoms with Crippen LogP contribution in [0.3, 0.4) is 0 Å². The summed E-state index contributed by atoms with van der Waals surface area (Å²) in [7, 11) is 0. The third kappa shape index (κ3) is 3.65. The molecule has 0 unspecified atom stereocenters. The summed E-state index contributed by atoms with van der Waals surface area (Å²) in [5.74, 6) is -1.49. The van der Waals surface area contributed by atoms with Gasteiger partial charge < -0.3 is 10.0 Å². The Bertz CT molecular complexity index is 852. The number of carboxylic acid groups (broad SMARTS) is 1. The molecule has 0 fully saturated rings. The van der Waals surface area contributed by atoms with Gasteiger partial charge in [0.25, 0.3) is 11.1 Å². The average Bonchev–Trinajstić information content (AvgIpc) is 2.54. The first-order valence-corrected chi connectivity index (χ1v) is 7.15. The lowest BCUT2D eigenvalue weighted by atomic mass is 10.2. The number of amides is 1. The van der Waals surface area contributed by atoms with E-state index < -0.39 is 29.5 Å². The van der Waals surface area contributed by atoms with Crippen LogP contribution in [0.2, 0.25) is 0 Å². The maximum atomic E-state index is 12.3. The van der Waals surface area contributed by atoms with Gasteiger partial charge in [-0.2, -0.15) is 0 Å². The third-order valence-electron chi connectivity index (χ3n) is 3.49. The van der Waals surface area contributed by atoms with Crippen LogP contribution in [0.4, 0.5) is 0 Å². The molecule has 8 nitrogen and oxygen atoms in total. The van der Waals surface area contributed by atoms with E-state index >= 15 is 0 Å². The molecule has 0 saturated heterocycles. The van der Waals surface area contributed by atoms with Crippen LogP contribution in [0.5, 0.6) is 0 Å². The van der Waals surface area contributed by atoms with Crippen molar-refractivity contribution in [2.45, 2.75) is 19.9 Å². The fourth-order valence-corrected chi connectivity index (χ4v) is 2.31. The van der Waals surface area contributed by atoms with Crippen molar-refractivity contribution >= 4 is 22.6 Å². The Balaban J connectivity index is 2.21. The zero-order chi connectivity index (χ0) is 17.0. The number of carbonyl (C=O) groups is 2. The Kier molecular flexibility index (Phi) is 4.95. The molecule has 0 aliphatic carbocycles. The number of aliphatic carboxylic acids is 1. The number of hydrogen-bond acceptors (Lipinski definition) is 4. The molecule has 0 saturated carbocycles. The highest BCUT2D eigenvalue weighted by Crippen LogP contribution is 2.03. The van der Waals surface area contributed by atoms with Gasteiger partial charge >= 0.3 is 5.97 Å². The van der Waals surface area contributed by atoms with Gasteiger partial charge in [-0.25, -0.2) is 4.68 Å². The zero-order valence-electron chi connectivity index (χ0n) is 12.6. The highest BCUT2D eigenvalue weighted by Gasteiger charge is 2.15. The monoisotopic (exact) mass is 319 g/mol. The number of nitrogens with one attached hydrogen (secondary N) is 1. The van der Waals surface area contributed by atoms with Crippen LogP contribution in [-0.4, -0.2) is 44.8 Å². The minimum absolute atomic E-state index is 0.0200. The first-order chi connectivity index (χ1) is 10.9. The van der Waals surface area contributed by atoms with Gasteiger partial charge in [0, 0.05) is 13.0 Å². The molecular weight excluding hydrogens is 302 g/mol. The molecule has 1 aromatic carbocycles. The van der Waals surface area contributed by atoms with Crippen molar-refractivity contribution in [1.82, 2.24) is 14.7 Å². The normalized spacial score (nSPS) is 10.7. The first kappa shape index (κ1) is 16.5. The number of nitrogens with zero attached hydrogens (tertiary/aromatic N) is 2. The summed E-state index contributed by atoms with van der Waals surface area (Å²) in [6.45, 7) is 1.52. The van der Waals surface area contributed by atoms with Crippen molar-refractivity contribution in [1.29, 1.82) is 0 Å². The number of carboxylic acids is 1. The predicted octanol–water partition coefficient (Wildman–Crippen LogP) is 0.0130. The van der Waals surface area contributed by atoms with E-state index in [9.17, 15) is 19.2 Å². The molecule has 0 aliphatic rings. The fourth-order valence-electron chi connectivity index (χ4n) is 2.31. The Hall–Kier alpha value is -2.90. The predicted molar refractivity (Wildman–Crippen MR) is 83.3 cm³/mol. The van der Waals surface area contributed by atoms with Gasteiger partial charge in [-0.3, -0.25) is 24.3 Å². The van der Waals surface area contributed by atoms with E-state index in [1.807, 2.05) is 0 Å². The van der Waals surface area contributed by atoms with Crippen LogP contribution in [0.25, 0.3) is 10.8 Å². The van der Waals surface area contributed by atoms with Gasteiger partial charge in [0.1, 0.15) is 6.54 Å². The molecule has 0 atom stereocenters. The molecule has 1 amide bonds. The third-order valence-corrected chi connectivity index (χ3v) is 3.49. The van der Waals surface area contributed by atoms with Gasteiger partial charge in [0.05, 0.1) is 17.3 Å². The lowest BCUT2D eigenvalue weighted by Crippen LogP contribution is -2.37. The van der Waals surface area contributed by atoms with Crippen molar-refractivity contribution < 1.29 is 14.7 Å². The highest BCUT2D eigenvalue weighted by molar-refractivity contribution is 5.81. The van der Waals surface area contributed by atoms with Gasteiger partial charge in [-0.1, -0.05) is 12.1 Å². The maximum Gasteiger partial charge on any atom is 0.323 e. The Labute approximate surface area is 130 Å². The Morgan fingerprint density at radius 3 is 2.48 bits per heavy atom. The second-order valence-electron chi connectivity index (χ2n) is 4.99. The van der Waals surface area contributed by atoms with Crippen molar-refractivity contribution in [2.24, 2.45) is 0 Å². The summed E-state index contributed by atoms with van der Waals surface area (Å²) in [6.07, 6.45) is -0.0741. The molecule has 0 spiro atoms. The molecule has 0 radical (unpaired) electrons. The van der Waals surface area contributed by atoms with Gasteiger partial charge in [0.15, 0.2) is 0 Å². The first-order valence-electron chi connectivity index (χ1n) is 7.15. The Morgan fingerprint density at radius 2 is 1.87 bits per heavy atom. The largest absolute Gasteiger partial charge is 0.480 e. The van der Waals surface area contributed by atoms with E-state index in [0.29, 0.717) is 5.39 Å². The zero-order valence-corrected chi connectivity index (χ0v) is 12.6. The number of H-pyrrole nitrogens is 1. The quantitative estimate of drug-likeness (QED) is 0.779. The lowest BCUT2D eigenvalue weighted by Gasteiger charge is -2.18. The molecule has 0 aliphatic heterocycles. The number of likely N-dealkylation sites (N-methyl/N-ethyl adjacent to an activating group) is 1. The van der Waals surface area contributed by atoms with E-state index in [0.717, 1.165) is 4.68 Å². The van der Waals surface area contributed by atoms with Gasteiger partial charge in [-0.05, 0) is 19.1 Å². The maximum absolute atomic E-state index is 12.3. The number of aryl methyl sites for hydroxylation is 1. The highest BCUT2D eigenvalue weighted by atomic mass is 16.4. The minimum atomic E-state index is -1.10. The minimum Gasteiger partial charge on any atom is -0.480 e. The number of aromatic nitrogens is 2. The molecule has 1 aromatic heterocycles. The number of carbonyl (C=O) groups excluding carboxylic acids is 1. The number of rotatable bonds is 6. The smallest absolute Gasteiger partial charge is 0.323 e. The number of hydrogen-bond donors (Lipinski definition) is 2.